The number of fused-ring (bicyclic) bond motifs is 5. The lowest BCUT2D eigenvalue weighted by Gasteiger charge is -2.49. The quantitative estimate of drug-likeness (QED) is 0.801. The summed E-state index contributed by atoms with van der Waals surface area (Å²) in [7, 11) is 0. The average molecular weight is 328 g/mol. The number of aromatic hydroxyl groups is 1. The van der Waals surface area contributed by atoms with E-state index in [4.69, 9.17) is 4.74 Å². The van der Waals surface area contributed by atoms with Gasteiger partial charge in [0.1, 0.15) is 5.75 Å². The van der Waals surface area contributed by atoms with E-state index in [1.807, 2.05) is 26.0 Å². The summed E-state index contributed by atoms with van der Waals surface area (Å²) >= 11 is 0. The van der Waals surface area contributed by atoms with Crippen molar-refractivity contribution in [1.29, 1.82) is 0 Å². The highest BCUT2D eigenvalue weighted by atomic mass is 16.5. The molecule has 24 heavy (non-hydrogen) atoms. The fraction of sp³-hybridized carbons (Fsp3) is 0.600. The number of carbonyl (C=O) groups is 2. The van der Waals surface area contributed by atoms with Crippen LogP contribution in [-0.2, 0) is 14.9 Å². The first-order valence-electron chi connectivity index (χ1n) is 8.90. The second kappa shape index (κ2) is 5.08. The normalized spacial score (nSPS) is 34.6. The predicted octanol–water partition coefficient (Wildman–Crippen LogP) is 3.56. The molecule has 128 valence electrons. The Kier molecular flexibility index (Phi) is 3.32. The largest absolute Gasteiger partial charge is 0.507 e. The fourth-order valence-electron chi connectivity index (χ4n) is 5.26. The van der Waals surface area contributed by atoms with Crippen LogP contribution >= 0.6 is 0 Å². The molecule has 1 aromatic carbocycles. The van der Waals surface area contributed by atoms with E-state index in [9.17, 15) is 14.7 Å². The van der Waals surface area contributed by atoms with Crippen LogP contribution in [0.3, 0.4) is 0 Å². The minimum absolute atomic E-state index is 0.00692. The average Bonchev–Trinajstić information content (AvgIpc) is 2.90. The summed E-state index contributed by atoms with van der Waals surface area (Å²) < 4.78 is 5.29. The van der Waals surface area contributed by atoms with Crippen molar-refractivity contribution in [3.05, 3.63) is 28.8 Å². The molecule has 4 rings (SSSR count). The molecule has 2 aliphatic carbocycles. The molecule has 0 spiro atoms. The van der Waals surface area contributed by atoms with Crippen molar-refractivity contribution in [2.45, 2.75) is 51.4 Å². The second-order valence-corrected chi connectivity index (χ2v) is 8.17. The number of phenolic OH excluding ortho intramolecular Hbond substituents is 1. The van der Waals surface area contributed by atoms with E-state index in [2.05, 4.69) is 6.92 Å². The molecule has 3 aliphatic rings. The maximum atomic E-state index is 12.9. The van der Waals surface area contributed by atoms with Crippen LogP contribution in [0.2, 0.25) is 0 Å². The standard InChI is InChI=1S/C20H24O4/c1-10(2)11-4-5-14-17(18(11)22)16(21)8-15-13-9-24-19(23)12(13)6-7-20(14,15)3/h4-5,10,12-13,15,22H,6-9H2,1-3H3/t12?,13?,15-,20+/m0/s1. The SMILES string of the molecule is CC(C)c1ccc2c(c1O)C(=O)C[C@H]1C3COC(=O)C3CC[C@]21C. The van der Waals surface area contributed by atoms with Crippen LogP contribution in [0.25, 0.3) is 0 Å². The van der Waals surface area contributed by atoms with Crippen LogP contribution in [0, 0.1) is 17.8 Å². The van der Waals surface area contributed by atoms with E-state index in [0.29, 0.717) is 18.6 Å². The summed E-state index contributed by atoms with van der Waals surface area (Å²) in [5, 5.41) is 10.7. The maximum absolute atomic E-state index is 12.9. The number of cyclic esters (lactones) is 1. The number of ketones is 1. The number of carbonyl (C=O) groups excluding carboxylic acids is 2. The van der Waals surface area contributed by atoms with Gasteiger partial charge in [0, 0.05) is 12.3 Å². The van der Waals surface area contributed by atoms with Crippen molar-refractivity contribution >= 4 is 11.8 Å². The van der Waals surface area contributed by atoms with E-state index in [-0.39, 0.29) is 46.6 Å². The first kappa shape index (κ1) is 15.7. The maximum Gasteiger partial charge on any atom is 0.309 e. The first-order valence-corrected chi connectivity index (χ1v) is 8.90. The number of Topliss-reactive ketones (excluding diaryl/α,β-unsaturated/α-hetero) is 1. The molecule has 4 heteroatoms. The Hall–Kier alpha value is -1.84. The van der Waals surface area contributed by atoms with Gasteiger partial charge in [0.05, 0.1) is 18.1 Å². The van der Waals surface area contributed by atoms with Gasteiger partial charge in [-0.1, -0.05) is 32.9 Å². The molecular formula is C20H24O4. The molecule has 2 unspecified atom stereocenters. The van der Waals surface area contributed by atoms with Gasteiger partial charge in [0.15, 0.2) is 5.78 Å². The van der Waals surface area contributed by atoms with Crippen molar-refractivity contribution in [3.63, 3.8) is 0 Å². The van der Waals surface area contributed by atoms with Gasteiger partial charge in [-0.25, -0.2) is 0 Å². The lowest BCUT2D eigenvalue weighted by Crippen LogP contribution is -2.49. The lowest BCUT2D eigenvalue weighted by molar-refractivity contribution is -0.141. The number of hydrogen-bond acceptors (Lipinski definition) is 4. The summed E-state index contributed by atoms with van der Waals surface area (Å²) in [5.74, 6) is 0.428. The lowest BCUT2D eigenvalue weighted by atomic mass is 9.52. The number of esters is 1. The predicted molar refractivity (Wildman–Crippen MR) is 89.2 cm³/mol. The molecule has 0 aromatic heterocycles. The van der Waals surface area contributed by atoms with Gasteiger partial charge in [0.25, 0.3) is 0 Å². The third-order valence-corrected chi connectivity index (χ3v) is 6.68. The van der Waals surface area contributed by atoms with Crippen molar-refractivity contribution in [2.24, 2.45) is 17.8 Å². The fourth-order valence-corrected chi connectivity index (χ4v) is 5.26. The van der Waals surface area contributed by atoms with E-state index in [1.54, 1.807) is 0 Å². The Morgan fingerprint density at radius 3 is 2.75 bits per heavy atom. The molecule has 2 fully saturated rings. The number of phenols is 1. The molecule has 0 bridgehead atoms. The zero-order chi connectivity index (χ0) is 17.2. The minimum Gasteiger partial charge on any atom is -0.507 e. The Labute approximate surface area is 142 Å². The van der Waals surface area contributed by atoms with Gasteiger partial charge in [-0.15, -0.1) is 0 Å². The number of rotatable bonds is 1. The smallest absolute Gasteiger partial charge is 0.309 e. The molecule has 1 aromatic rings. The van der Waals surface area contributed by atoms with E-state index in [1.165, 1.54) is 0 Å². The van der Waals surface area contributed by atoms with Crippen molar-refractivity contribution in [3.8, 4) is 5.75 Å². The van der Waals surface area contributed by atoms with Crippen molar-refractivity contribution in [1.82, 2.24) is 0 Å². The van der Waals surface area contributed by atoms with Gasteiger partial charge in [-0.3, -0.25) is 9.59 Å². The zero-order valence-electron chi connectivity index (χ0n) is 14.5. The van der Waals surface area contributed by atoms with E-state index in [0.717, 1.165) is 24.0 Å². The molecule has 1 N–H and O–H groups in total. The second-order valence-electron chi connectivity index (χ2n) is 8.17. The highest BCUT2D eigenvalue weighted by molar-refractivity contribution is 6.02. The van der Waals surface area contributed by atoms with Gasteiger partial charge in [-0.2, -0.15) is 0 Å². The van der Waals surface area contributed by atoms with Crippen LogP contribution < -0.4 is 0 Å². The molecular weight excluding hydrogens is 304 g/mol. The monoisotopic (exact) mass is 328 g/mol. The third kappa shape index (κ3) is 1.92. The first-order chi connectivity index (χ1) is 11.3. The summed E-state index contributed by atoms with van der Waals surface area (Å²) in [6.07, 6.45) is 2.06. The minimum atomic E-state index is -0.175. The molecule has 0 amide bonds. The molecule has 1 saturated heterocycles. The molecule has 4 atom stereocenters. The van der Waals surface area contributed by atoms with Crippen LogP contribution in [0.1, 0.15) is 67.4 Å². The molecule has 0 radical (unpaired) electrons. The summed E-state index contributed by atoms with van der Waals surface area (Å²) in [5.41, 5.74) is 2.13. The molecule has 1 aliphatic heterocycles. The highest BCUT2D eigenvalue weighted by Crippen LogP contribution is 2.57. The number of ether oxygens (including phenoxy) is 1. The van der Waals surface area contributed by atoms with E-state index >= 15 is 0 Å². The van der Waals surface area contributed by atoms with Crippen molar-refractivity contribution in [2.75, 3.05) is 6.61 Å². The zero-order valence-corrected chi connectivity index (χ0v) is 14.5. The van der Waals surface area contributed by atoms with Crippen LogP contribution in [0.4, 0.5) is 0 Å². The Morgan fingerprint density at radius 1 is 1.29 bits per heavy atom. The highest BCUT2D eigenvalue weighted by Gasteiger charge is 2.56. The summed E-state index contributed by atoms with van der Waals surface area (Å²) in [6, 6.07) is 3.99. The Morgan fingerprint density at radius 2 is 2.04 bits per heavy atom. The Balaban J connectivity index is 1.85. The topological polar surface area (TPSA) is 63.6 Å². The van der Waals surface area contributed by atoms with Crippen LogP contribution in [0.5, 0.6) is 5.75 Å². The van der Waals surface area contributed by atoms with Crippen LogP contribution in [-0.4, -0.2) is 23.5 Å². The van der Waals surface area contributed by atoms with Gasteiger partial charge >= 0.3 is 5.97 Å². The van der Waals surface area contributed by atoms with Gasteiger partial charge in [-0.05, 0) is 41.2 Å². The number of hydrogen-bond donors (Lipinski definition) is 1. The van der Waals surface area contributed by atoms with Gasteiger partial charge < -0.3 is 9.84 Å². The number of benzene rings is 1. The van der Waals surface area contributed by atoms with Gasteiger partial charge in [0.2, 0.25) is 0 Å². The summed E-state index contributed by atoms with van der Waals surface area (Å²) in [6.45, 7) is 6.66. The summed E-state index contributed by atoms with van der Waals surface area (Å²) in [4.78, 5) is 24.8. The van der Waals surface area contributed by atoms with Crippen LogP contribution in [0.15, 0.2) is 12.1 Å². The third-order valence-electron chi connectivity index (χ3n) is 6.68. The molecule has 1 heterocycles. The van der Waals surface area contributed by atoms with E-state index < -0.39 is 0 Å². The Bertz CT molecular complexity index is 735. The molecule has 4 nitrogen and oxygen atoms in total. The van der Waals surface area contributed by atoms with Crippen molar-refractivity contribution < 1.29 is 19.4 Å². The molecule has 1 saturated carbocycles.